The summed E-state index contributed by atoms with van der Waals surface area (Å²) >= 11 is 1.78. The van der Waals surface area contributed by atoms with Crippen LogP contribution in [0.1, 0.15) is 40.9 Å². The Morgan fingerprint density at radius 2 is 1.97 bits per heavy atom. The van der Waals surface area contributed by atoms with Crippen molar-refractivity contribution in [3.8, 4) is 10.6 Å². The fourth-order valence-corrected chi connectivity index (χ4v) is 5.61. The summed E-state index contributed by atoms with van der Waals surface area (Å²) in [6.07, 6.45) is 9.55. The van der Waals surface area contributed by atoms with Gasteiger partial charge in [0.05, 0.1) is 17.3 Å². The molecule has 7 heteroatoms. The first-order valence-corrected chi connectivity index (χ1v) is 12.1. The lowest BCUT2D eigenvalue weighted by atomic mass is 9.88. The Balaban J connectivity index is 1.09. The Labute approximate surface area is 192 Å². The van der Waals surface area contributed by atoms with Crippen LogP contribution in [0.4, 0.5) is 0 Å². The highest BCUT2D eigenvalue weighted by molar-refractivity contribution is 7.15. The number of nitrogens with one attached hydrogen (secondary N) is 1. The highest BCUT2D eigenvalue weighted by atomic mass is 32.1. The van der Waals surface area contributed by atoms with E-state index in [-0.39, 0.29) is 17.6 Å². The SMILES string of the molecule is O=C(NC[C@@H]1CCC2(CCN(Cc3cnc(-c4ccccc4)s3)CC2)O1)c1cccnc1. The van der Waals surface area contributed by atoms with Gasteiger partial charge >= 0.3 is 0 Å². The molecule has 0 saturated carbocycles. The van der Waals surface area contributed by atoms with Crippen molar-refractivity contribution in [1.82, 2.24) is 20.2 Å². The molecule has 3 aromatic rings. The van der Waals surface area contributed by atoms with E-state index in [2.05, 4.69) is 44.5 Å². The molecule has 1 spiro atoms. The van der Waals surface area contributed by atoms with Gasteiger partial charge in [-0.25, -0.2) is 4.98 Å². The summed E-state index contributed by atoms with van der Waals surface area (Å²) in [6, 6.07) is 13.9. The Kier molecular flexibility index (Phi) is 6.30. The second kappa shape index (κ2) is 9.48. The summed E-state index contributed by atoms with van der Waals surface area (Å²) < 4.78 is 6.47. The first kappa shape index (κ1) is 21.2. The van der Waals surface area contributed by atoms with E-state index in [0.29, 0.717) is 12.1 Å². The summed E-state index contributed by atoms with van der Waals surface area (Å²) in [5, 5.41) is 4.09. The maximum absolute atomic E-state index is 12.3. The Bertz CT molecular complexity index is 1030. The van der Waals surface area contributed by atoms with E-state index in [4.69, 9.17) is 4.74 Å². The number of pyridine rings is 1. The quantitative estimate of drug-likeness (QED) is 0.614. The fraction of sp³-hybridized carbons (Fsp3) is 0.400. The van der Waals surface area contributed by atoms with Crippen molar-refractivity contribution >= 4 is 17.2 Å². The number of rotatable bonds is 6. The van der Waals surface area contributed by atoms with Gasteiger partial charge < -0.3 is 10.1 Å². The van der Waals surface area contributed by atoms with Crippen molar-refractivity contribution < 1.29 is 9.53 Å². The van der Waals surface area contributed by atoms with Gasteiger partial charge in [-0.2, -0.15) is 0 Å². The van der Waals surface area contributed by atoms with Gasteiger partial charge in [0.1, 0.15) is 5.01 Å². The summed E-state index contributed by atoms with van der Waals surface area (Å²) in [5.74, 6) is -0.0862. The molecule has 166 valence electrons. The monoisotopic (exact) mass is 448 g/mol. The number of carbonyl (C=O) groups excluding carboxylic acids is 1. The van der Waals surface area contributed by atoms with E-state index in [0.717, 1.165) is 50.3 Å². The molecule has 4 heterocycles. The molecular formula is C25H28N4O2S. The lowest BCUT2D eigenvalue weighted by molar-refractivity contribution is -0.0763. The number of carbonyl (C=O) groups is 1. The second-order valence-corrected chi connectivity index (χ2v) is 9.80. The fourth-order valence-electron chi connectivity index (χ4n) is 4.65. The number of hydrogen-bond acceptors (Lipinski definition) is 6. The minimum atomic E-state index is -0.0862. The average molecular weight is 449 g/mol. The predicted octanol–water partition coefficient (Wildman–Crippen LogP) is 4.15. The summed E-state index contributed by atoms with van der Waals surface area (Å²) in [7, 11) is 0. The number of thiazole rings is 1. The maximum Gasteiger partial charge on any atom is 0.252 e. The minimum Gasteiger partial charge on any atom is -0.370 e. The van der Waals surface area contributed by atoms with Crippen molar-refractivity contribution in [3.63, 3.8) is 0 Å². The van der Waals surface area contributed by atoms with Crippen molar-refractivity contribution in [2.75, 3.05) is 19.6 Å². The Morgan fingerprint density at radius 1 is 1.12 bits per heavy atom. The third kappa shape index (κ3) is 4.90. The number of piperidine rings is 1. The van der Waals surface area contributed by atoms with Crippen molar-refractivity contribution in [2.45, 2.75) is 43.9 Å². The third-order valence-corrected chi connectivity index (χ3v) is 7.50. The molecular weight excluding hydrogens is 420 g/mol. The first-order valence-electron chi connectivity index (χ1n) is 11.3. The van der Waals surface area contributed by atoms with Gasteiger partial charge in [-0.05, 0) is 37.8 Å². The van der Waals surface area contributed by atoms with Crippen LogP contribution in [0, 0.1) is 0 Å². The molecule has 1 amide bonds. The molecule has 0 unspecified atom stereocenters. The minimum absolute atomic E-state index is 0.0247. The third-order valence-electron chi connectivity index (χ3n) is 6.47. The molecule has 0 aliphatic carbocycles. The lowest BCUT2D eigenvalue weighted by Gasteiger charge is -2.39. The molecule has 2 saturated heterocycles. The molecule has 1 aromatic carbocycles. The van der Waals surface area contributed by atoms with Crippen LogP contribution >= 0.6 is 11.3 Å². The van der Waals surface area contributed by atoms with Crippen LogP contribution in [-0.4, -0.2) is 52.1 Å². The lowest BCUT2D eigenvalue weighted by Crippen LogP contribution is -2.44. The number of benzene rings is 1. The van der Waals surface area contributed by atoms with Gasteiger partial charge in [0.25, 0.3) is 5.91 Å². The topological polar surface area (TPSA) is 67.4 Å². The van der Waals surface area contributed by atoms with Gasteiger partial charge in [0.15, 0.2) is 0 Å². The number of likely N-dealkylation sites (tertiary alicyclic amines) is 1. The van der Waals surface area contributed by atoms with Gasteiger partial charge in [-0.3, -0.25) is 14.7 Å². The summed E-state index contributed by atoms with van der Waals surface area (Å²) in [6.45, 7) is 3.58. The average Bonchev–Trinajstić information content (AvgIpc) is 3.48. The van der Waals surface area contributed by atoms with Crippen LogP contribution in [0.15, 0.2) is 61.1 Å². The van der Waals surface area contributed by atoms with Crippen molar-refractivity contribution in [1.29, 1.82) is 0 Å². The van der Waals surface area contributed by atoms with E-state index >= 15 is 0 Å². The van der Waals surface area contributed by atoms with Gasteiger partial charge in [0.2, 0.25) is 0 Å². The molecule has 0 radical (unpaired) electrons. The van der Waals surface area contributed by atoms with Crippen LogP contribution in [0.25, 0.3) is 10.6 Å². The van der Waals surface area contributed by atoms with Crippen LogP contribution in [0.5, 0.6) is 0 Å². The van der Waals surface area contributed by atoms with Crippen LogP contribution in [0.3, 0.4) is 0 Å². The van der Waals surface area contributed by atoms with Gasteiger partial charge in [0, 0.05) is 55.2 Å². The second-order valence-electron chi connectivity index (χ2n) is 8.69. The highest BCUT2D eigenvalue weighted by Gasteiger charge is 2.42. The zero-order valence-electron chi connectivity index (χ0n) is 18.1. The Hall–Kier alpha value is -2.61. The smallest absolute Gasteiger partial charge is 0.252 e. The predicted molar refractivity (Wildman–Crippen MR) is 125 cm³/mol. The van der Waals surface area contributed by atoms with E-state index in [1.54, 1.807) is 35.9 Å². The largest absolute Gasteiger partial charge is 0.370 e. The van der Waals surface area contributed by atoms with E-state index in [9.17, 15) is 4.79 Å². The molecule has 2 fully saturated rings. The highest BCUT2D eigenvalue weighted by Crippen LogP contribution is 2.39. The number of hydrogen-bond donors (Lipinski definition) is 1. The zero-order chi connectivity index (χ0) is 21.8. The van der Waals surface area contributed by atoms with E-state index < -0.39 is 0 Å². The normalized spacial score (nSPS) is 20.4. The van der Waals surface area contributed by atoms with E-state index in [1.165, 1.54) is 10.4 Å². The van der Waals surface area contributed by atoms with Crippen molar-refractivity contribution in [2.24, 2.45) is 0 Å². The maximum atomic E-state index is 12.3. The zero-order valence-corrected chi connectivity index (χ0v) is 18.9. The molecule has 2 aliphatic rings. The van der Waals surface area contributed by atoms with Gasteiger partial charge in [-0.15, -0.1) is 11.3 Å². The molecule has 5 rings (SSSR count). The molecule has 2 aromatic heterocycles. The summed E-state index contributed by atoms with van der Waals surface area (Å²) in [4.78, 5) is 24.7. The molecule has 1 atom stereocenters. The molecule has 6 nitrogen and oxygen atoms in total. The number of amides is 1. The first-order chi connectivity index (χ1) is 15.7. The van der Waals surface area contributed by atoms with Crippen LogP contribution in [-0.2, 0) is 11.3 Å². The molecule has 1 N–H and O–H groups in total. The standard InChI is InChI=1S/C25H28N4O2S/c30-23(20-7-4-12-26-15-20)27-16-21-8-9-25(31-21)10-13-29(14-11-25)18-22-17-28-24(32-22)19-5-2-1-3-6-19/h1-7,12,15,17,21H,8-11,13-14,16,18H2,(H,27,30)/t21-/m0/s1. The number of nitrogens with zero attached hydrogens (tertiary/aromatic N) is 3. The Morgan fingerprint density at radius 3 is 2.75 bits per heavy atom. The summed E-state index contributed by atoms with van der Waals surface area (Å²) in [5.41, 5.74) is 1.75. The van der Waals surface area contributed by atoms with Gasteiger partial charge in [-0.1, -0.05) is 30.3 Å². The molecule has 32 heavy (non-hydrogen) atoms. The number of aromatic nitrogens is 2. The van der Waals surface area contributed by atoms with Crippen molar-refractivity contribution in [3.05, 3.63) is 71.5 Å². The van der Waals surface area contributed by atoms with Crippen LogP contribution < -0.4 is 5.32 Å². The van der Waals surface area contributed by atoms with E-state index in [1.807, 2.05) is 12.3 Å². The van der Waals surface area contributed by atoms with Crippen LogP contribution in [0.2, 0.25) is 0 Å². The number of ether oxygens (including phenoxy) is 1. The molecule has 2 aliphatic heterocycles. The molecule has 0 bridgehead atoms.